The molecule has 1 aromatic rings. The van der Waals surface area contributed by atoms with Gasteiger partial charge in [0.2, 0.25) is 0 Å². The highest BCUT2D eigenvalue weighted by atomic mass is 31.2. The quantitative estimate of drug-likeness (QED) is 0.269. The summed E-state index contributed by atoms with van der Waals surface area (Å²) in [6.07, 6.45) is 1.11. The van der Waals surface area contributed by atoms with Crippen molar-refractivity contribution in [2.45, 2.75) is 17.7 Å². The van der Waals surface area contributed by atoms with E-state index in [4.69, 9.17) is 9.79 Å². The van der Waals surface area contributed by atoms with Crippen LogP contribution in [0.15, 0.2) is 12.5 Å². The van der Waals surface area contributed by atoms with Crippen molar-refractivity contribution in [1.29, 1.82) is 0 Å². The van der Waals surface area contributed by atoms with E-state index >= 15 is 0 Å². The van der Waals surface area contributed by atoms with E-state index in [-0.39, 0.29) is 12.1 Å². The molecule has 0 spiro atoms. The van der Waals surface area contributed by atoms with Gasteiger partial charge in [-0.25, -0.2) is 4.98 Å². The monoisotopic (exact) mass is 341 g/mol. The number of nitrogens with one attached hydrogen (secondary N) is 1. The van der Waals surface area contributed by atoms with Crippen LogP contribution < -0.4 is 0 Å². The first-order valence-electron chi connectivity index (χ1n) is 5.55. The van der Waals surface area contributed by atoms with Crippen LogP contribution in [0, 0.1) is 0 Å². The SMILES string of the molecule is O=C(O)C1(Cc2cnc[nH]2)C(P(=O)(O)O)N1CP(=O)(O)O. The number of aliphatic carboxylic acids is 1. The number of carboxylic acid groups (broad SMARTS) is 1. The van der Waals surface area contributed by atoms with Gasteiger partial charge in [0.25, 0.3) is 0 Å². The lowest BCUT2D eigenvalue weighted by Gasteiger charge is -2.12. The van der Waals surface area contributed by atoms with Crippen molar-refractivity contribution in [3.8, 4) is 0 Å². The summed E-state index contributed by atoms with van der Waals surface area (Å²) < 4.78 is 22.5. The number of carbonyl (C=O) groups is 1. The lowest BCUT2D eigenvalue weighted by atomic mass is 10.0. The summed E-state index contributed by atoms with van der Waals surface area (Å²) in [4.78, 5) is 54.8. The molecule has 3 atom stereocenters. The smallest absolute Gasteiger partial charge is 0.345 e. The van der Waals surface area contributed by atoms with Gasteiger partial charge in [-0.2, -0.15) is 0 Å². The van der Waals surface area contributed by atoms with E-state index in [1.165, 1.54) is 12.5 Å². The molecule has 13 heteroatoms. The highest BCUT2D eigenvalue weighted by molar-refractivity contribution is 7.53. The van der Waals surface area contributed by atoms with Gasteiger partial charge in [0, 0.05) is 18.3 Å². The molecule has 0 amide bonds. The Morgan fingerprint density at radius 2 is 2.00 bits per heavy atom. The van der Waals surface area contributed by atoms with Crippen LogP contribution in [0.2, 0.25) is 0 Å². The molecule has 1 aliphatic rings. The van der Waals surface area contributed by atoms with E-state index in [9.17, 15) is 28.8 Å². The number of hydrogen-bond donors (Lipinski definition) is 6. The average Bonchev–Trinajstić information content (AvgIpc) is 2.66. The van der Waals surface area contributed by atoms with Crippen molar-refractivity contribution in [3.05, 3.63) is 18.2 Å². The highest BCUT2D eigenvalue weighted by Gasteiger charge is 2.76. The van der Waals surface area contributed by atoms with E-state index in [0.29, 0.717) is 4.90 Å². The van der Waals surface area contributed by atoms with E-state index < -0.39 is 38.8 Å². The van der Waals surface area contributed by atoms with Crippen LogP contribution in [0.3, 0.4) is 0 Å². The highest BCUT2D eigenvalue weighted by Crippen LogP contribution is 2.64. The summed E-state index contributed by atoms with van der Waals surface area (Å²) in [5.74, 6) is -3.36. The van der Waals surface area contributed by atoms with Crippen LogP contribution in [0.1, 0.15) is 5.69 Å². The van der Waals surface area contributed by atoms with Crippen LogP contribution in [0.25, 0.3) is 0 Å². The zero-order chi connectivity index (χ0) is 16.1. The van der Waals surface area contributed by atoms with Crippen LogP contribution in [-0.2, 0) is 20.3 Å². The fourth-order valence-corrected chi connectivity index (χ4v) is 4.84. The maximum atomic E-state index is 11.5. The lowest BCUT2D eigenvalue weighted by Crippen LogP contribution is -2.33. The number of H-pyrrole nitrogens is 1. The molecule has 0 bridgehead atoms. The molecular weight excluding hydrogens is 328 g/mol. The molecule has 1 saturated heterocycles. The maximum absolute atomic E-state index is 11.5. The molecule has 0 aliphatic carbocycles. The molecule has 2 rings (SSSR count). The van der Waals surface area contributed by atoms with Crippen LogP contribution in [0.4, 0.5) is 0 Å². The Morgan fingerprint density at radius 3 is 2.38 bits per heavy atom. The van der Waals surface area contributed by atoms with Crippen LogP contribution in [-0.4, -0.2) is 63.1 Å². The zero-order valence-corrected chi connectivity index (χ0v) is 12.2. The van der Waals surface area contributed by atoms with E-state index in [1.54, 1.807) is 0 Å². The molecule has 1 aliphatic heterocycles. The van der Waals surface area contributed by atoms with Gasteiger partial charge in [0.1, 0.15) is 12.1 Å². The van der Waals surface area contributed by atoms with Gasteiger partial charge >= 0.3 is 21.2 Å². The summed E-state index contributed by atoms with van der Waals surface area (Å²) in [6, 6.07) is 0. The number of aromatic amines is 1. The second-order valence-electron chi connectivity index (χ2n) is 4.72. The van der Waals surface area contributed by atoms with Crippen molar-refractivity contribution in [2.75, 3.05) is 6.29 Å². The van der Waals surface area contributed by atoms with E-state index in [2.05, 4.69) is 9.97 Å². The third kappa shape index (κ3) is 3.09. The lowest BCUT2D eigenvalue weighted by molar-refractivity contribution is -0.141. The minimum atomic E-state index is -4.90. The van der Waals surface area contributed by atoms with E-state index in [1.807, 2.05) is 0 Å². The van der Waals surface area contributed by atoms with Crippen molar-refractivity contribution in [3.63, 3.8) is 0 Å². The Labute approximate surface area is 117 Å². The Kier molecular flexibility index (Phi) is 3.88. The van der Waals surface area contributed by atoms with Crippen LogP contribution in [0.5, 0.6) is 0 Å². The third-order valence-electron chi connectivity index (χ3n) is 3.21. The van der Waals surface area contributed by atoms with Crippen molar-refractivity contribution in [1.82, 2.24) is 14.9 Å². The van der Waals surface area contributed by atoms with Gasteiger partial charge in [-0.05, 0) is 0 Å². The van der Waals surface area contributed by atoms with Gasteiger partial charge in [-0.1, -0.05) is 0 Å². The first-order chi connectivity index (χ1) is 9.48. The first-order valence-corrected chi connectivity index (χ1v) is 9.03. The summed E-state index contributed by atoms with van der Waals surface area (Å²) in [7, 11) is -9.58. The molecule has 0 aromatic carbocycles. The van der Waals surface area contributed by atoms with Gasteiger partial charge in [-0.15, -0.1) is 0 Å². The van der Waals surface area contributed by atoms with Crippen molar-refractivity contribution < 1.29 is 38.6 Å². The summed E-state index contributed by atoms with van der Waals surface area (Å²) in [6.45, 7) is 0. The summed E-state index contributed by atoms with van der Waals surface area (Å²) >= 11 is 0. The molecule has 1 fully saturated rings. The normalized spacial score (nSPS) is 29.3. The first kappa shape index (κ1) is 16.3. The number of aromatic nitrogens is 2. The Balaban J connectivity index is 2.39. The standard InChI is InChI=1S/C8H13N3O8P2/c12-7(13)8(1-5-2-9-3-10-5)6(21(17,18)19)11(8)4-20(14,15)16/h2-3,6H,1,4H2,(H,9,10)(H,12,13)(H2,14,15,16)(H2,17,18,19). The molecule has 11 nitrogen and oxygen atoms in total. The molecule has 2 heterocycles. The fourth-order valence-electron chi connectivity index (χ4n) is 2.41. The maximum Gasteiger partial charge on any atom is 0.345 e. The van der Waals surface area contributed by atoms with Crippen LogP contribution >= 0.6 is 15.2 Å². The second kappa shape index (κ2) is 4.99. The molecule has 21 heavy (non-hydrogen) atoms. The number of nitrogens with zero attached hydrogens (tertiary/aromatic N) is 2. The van der Waals surface area contributed by atoms with E-state index in [0.717, 1.165) is 0 Å². The molecule has 1 aromatic heterocycles. The molecular formula is C8H13N3O8P2. The summed E-state index contributed by atoms with van der Waals surface area (Å²) in [5, 5.41) is 9.33. The topological polar surface area (TPSA) is 184 Å². The Morgan fingerprint density at radius 1 is 1.38 bits per heavy atom. The number of imidazole rings is 1. The van der Waals surface area contributed by atoms with Gasteiger partial charge in [0.05, 0.1) is 6.33 Å². The fraction of sp³-hybridized carbons (Fsp3) is 0.500. The number of hydrogen-bond acceptors (Lipinski definition) is 5. The molecule has 118 valence electrons. The van der Waals surface area contributed by atoms with Gasteiger partial charge in [-0.3, -0.25) is 18.8 Å². The third-order valence-corrected chi connectivity index (χ3v) is 5.22. The second-order valence-corrected chi connectivity index (χ2v) is 8.00. The molecule has 3 unspecified atom stereocenters. The minimum absolute atomic E-state index is 0.282. The average molecular weight is 341 g/mol. The zero-order valence-electron chi connectivity index (χ0n) is 10.4. The molecule has 6 N–H and O–H groups in total. The van der Waals surface area contributed by atoms with Gasteiger partial charge in [0.15, 0.2) is 5.54 Å². The van der Waals surface area contributed by atoms with Crippen molar-refractivity contribution >= 4 is 21.2 Å². The molecule has 0 saturated carbocycles. The van der Waals surface area contributed by atoms with Crippen molar-refractivity contribution in [2.24, 2.45) is 0 Å². The Bertz CT molecular complexity index is 636. The van der Waals surface area contributed by atoms with Gasteiger partial charge < -0.3 is 29.7 Å². The minimum Gasteiger partial charge on any atom is -0.480 e. The summed E-state index contributed by atoms with van der Waals surface area (Å²) in [5.41, 5.74) is -1.80. The number of rotatable bonds is 6. The predicted molar refractivity (Wildman–Crippen MR) is 67.2 cm³/mol. The molecule has 0 radical (unpaired) electrons. The predicted octanol–water partition coefficient (Wildman–Crippen LogP) is -1.27. The largest absolute Gasteiger partial charge is 0.480 e. The number of carboxylic acids is 1. The Hall–Kier alpha value is -1.06.